The minimum absolute atomic E-state index is 0.0138. The summed E-state index contributed by atoms with van der Waals surface area (Å²) >= 11 is 0. The number of amides is 1. The van der Waals surface area contributed by atoms with Crippen molar-refractivity contribution in [3.8, 4) is 0 Å². The van der Waals surface area contributed by atoms with Crippen LogP contribution in [0.1, 0.15) is 149 Å². The largest absolute Gasteiger partial charge is 0.756 e. The lowest BCUT2D eigenvalue weighted by atomic mass is 10.1. The van der Waals surface area contributed by atoms with Crippen LogP contribution >= 0.6 is 7.82 Å². The number of phosphoric ester groups is 1. The van der Waals surface area contributed by atoms with Gasteiger partial charge in [-0.15, -0.1) is 0 Å². The number of phosphoric acid groups is 1. The quantitative estimate of drug-likeness (QED) is 0.0278. The molecule has 0 rings (SSSR count). The summed E-state index contributed by atoms with van der Waals surface area (Å²) in [6, 6.07) is -0.909. The Balaban J connectivity index is 4.42. The smallest absolute Gasteiger partial charge is 0.268 e. The van der Waals surface area contributed by atoms with Crippen LogP contribution in [0.3, 0.4) is 0 Å². The number of carbonyl (C=O) groups is 1. The second-order valence-electron chi connectivity index (χ2n) is 15.7. The number of allylic oxidation sites excluding steroid dienone is 15. The number of hydrogen-bond acceptors (Lipinski definition) is 6. The van der Waals surface area contributed by atoms with Crippen LogP contribution in [-0.2, 0) is 18.4 Å². The fourth-order valence-electron chi connectivity index (χ4n) is 5.54. The molecule has 326 valence electrons. The Kier molecular flexibility index (Phi) is 37.2. The van der Waals surface area contributed by atoms with E-state index in [1.807, 2.05) is 27.2 Å². The molecule has 0 aliphatic rings. The van der Waals surface area contributed by atoms with E-state index in [4.69, 9.17) is 9.05 Å². The number of carbonyl (C=O) groups excluding carboxylic acids is 1. The number of likely N-dealkylation sites (N-methyl/N-ethyl adjacent to an activating group) is 1. The standard InChI is InChI=1S/C48H83N2O6P/c1-6-8-10-12-14-16-18-19-20-21-22-23-24-25-26-27-28-29-30-31-32-34-36-38-40-42-48(52)49-46(45-56-57(53,54)55-44-43-50(3,4)5)47(51)41-39-37-35-33-17-15-13-11-9-7-2/h8,10,14,16,19-20,22-23,25-26,28-29,31-32,39,41,46-47,51H,6-7,9,11-13,15,17-18,21,24,27,30,33-38,40,42-45H2,1-5H3,(H-,49,52,53,54)/b10-8-,16-14-,20-19-,23-22-,26-25-,29-28-,32-31-,41-39+. The van der Waals surface area contributed by atoms with Gasteiger partial charge in [-0.1, -0.05) is 162 Å². The third-order valence-electron chi connectivity index (χ3n) is 9.05. The second-order valence-corrected chi connectivity index (χ2v) is 17.1. The first-order valence-electron chi connectivity index (χ1n) is 22.1. The van der Waals surface area contributed by atoms with Crippen molar-refractivity contribution in [1.29, 1.82) is 0 Å². The summed E-state index contributed by atoms with van der Waals surface area (Å²) in [4.78, 5) is 25.2. The maximum Gasteiger partial charge on any atom is 0.268 e. The van der Waals surface area contributed by atoms with Gasteiger partial charge in [0.2, 0.25) is 5.91 Å². The maximum absolute atomic E-state index is 12.8. The van der Waals surface area contributed by atoms with Crippen molar-refractivity contribution in [2.24, 2.45) is 0 Å². The monoisotopic (exact) mass is 815 g/mol. The van der Waals surface area contributed by atoms with Crippen molar-refractivity contribution in [2.45, 2.75) is 161 Å². The summed E-state index contributed by atoms with van der Waals surface area (Å²) in [5.41, 5.74) is 0. The van der Waals surface area contributed by atoms with E-state index < -0.39 is 26.6 Å². The van der Waals surface area contributed by atoms with Crippen molar-refractivity contribution in [3.05, 3.63) is 97.2 Å². The van der Waals surface area contributed by atoms with Gasteiger partial charge < -0.3 is 28.8 Å². The topological polar surface area (TPSA) is 108 Å². The van der Waals surface area contributed by atoms with Gasteiger partial charge in [0.05, 0.1) is 39.9 Å². The van der Waals surface area contributed by atoms with E-state index in [-0.39, 0.29) is 12.5 Å². The summed E-state index contributed by atoms with van der Waals surface area (Å²) in [5.74, 6) is -0.237. The van der Waals surface area contributed by atoms with Crippen LogP contribution in [0.4, 0.5) is 0 Å². The van der Waals surface area contributed by atoms with Crippen molar-refractivity contribution >= 4 is 13.7 Å². The van der Waals surface area contributed by atoms with Gasteiger partial charge in [-0.2, -0.15) is 0 Å². The van der Waals surface area contributed by atoms with E-state index >= 15 is 0 Å². The molecule has 0 spiro atoms. The van der Waals surface area contributed by atoms with Gasteiger partial charge in [0.15, 0.2) is 0 Å². The van der Waals surface area contributed by atoms with Gasteiger partial charge in [-0.05, 0) is 77.0 Å². The van der Waals surface area contributed by atoms with E-state index in [0.717, 1.165) is 83.5 Å². The Bertz CT molecular complexity index is 1240. The first-order chi connectivity index (χ1) is 27.5. The number of aliphatic hydroxyl groups excluding tert-OH is 1. The van der Waals surface area contributed by atoms with Crippen LogP contribution < -0.4 is 10.2 Å². The molecule has 1 amide bonds. The van der Waals surface area contributed by atoms with Crippen LogP contribution in [0.5, 0.6) is 0 Å². The molecule has 3 atom stereocenters. The summed E-state index contributed by atoms with van der Waals surface area (Å²) in [6.45, 7) is 4.45. The summed E-state index contributed by atoms with van der Waals surface area (Å²) in [5, 5.41) is 13.7. The number of quaternary nitrogens is 1. The first kappa shape index (κ1) is 54.4. The van der Waals surface area contributed by atoms with Gasteiger partial charge in [-0.3, -0.25) is 9.36 Å². The number of aliphatic hydroxyl groups is 1. The molecule has 3 unspecified atom stereocenters. The molecule has 0 saturated heterocycles. The fourth-order valence-corrected chi connectivity index (χ4v) is 6.26. The van der Waals surface area contributed by atoms with Crippen LogP contribution in [-0.4, -0.2) is 68.5 Å². The van der Waals surface area contributed by atoms with Crippen LogP contribution in [0, 0.1) is 0 Å². The Morgan fingerprint density at radius 1 is 0.632 bits per heavy atom. The zero-order valence-corrected chi connectivity index (χ0v) is 37.6. The predicted octanol–water partition coefficient (Wildman–Crippen LogP) is 11.7. The first-order valence-corrected chi connectivity index (χ1v) is 23.6. The molecule has 0 aromatic carbocycles. The van der Waals surface area contributed by atoms with Crippen molar-refractivity contribution in [3.63, 3.8) is 0 Å². The molecular formula is C48H83N2O6P. The lowest BCUT2D eigenvalue weighted by Crippen LogP contribution is -2.45. The number of unbranched alkanes of at least 4 members (excludes halogenated alkanes) is 11. The molecular weight excluding hydrogens is 732 g/mol. The van der Waals surface area contributed by atoms with Crippen LogP contribution in [0.15, 0.2) is 97.2 Å². The normalized spacial score (nSPS) is 15.3. The highest BCUT2D eigenvalue weighted by Crippen LogP contribution is 2.38. The van der Waals surface area contributed by atoms with Gasteiger partial charge in [0.25, 0.3) is 7.82 Å². The van der Waals surface area contributed by atoms with E-state index in [1.165, 1.54) is 38.5 Å². The fraction of sp³-hybridized carbons (Fsp3) is 0.646. The molecule has 0 aliphatic heterocycles. The van der Waals surface area contributed by atoms with E-state index in [1.54, 1.807) is 6.08 Å². The zero-order valence-electron chi connectivity index (χ0n) is 36.7. The Morgan fingerprint density at radius 3 is 1.56 bits per heavy atom. The Hall–Kier alpha value is -2.58. The summed E-state index contributed by atoms with van der Waals surface area (Å²) in [6.07, 6.45) is 54.6. The SMILES string of the molecule is CC/C=C\C/C=C\C/C=C\C/C=C\C/C=C\C/C=C\C/C=C\CCCCCC(=O)NC(COP(=O)([O-])OCC[N+](C)(C)C)C(O)/C=C/CCCCCCCCCC. The molecule has 9 heteroatoms. The van der Waals surface area contributed by atoms with Crippen molar-refractivity contribution in [2.75, 3.05) is 40.9 Å². The van der Waals surface area contributed by atoms with Crippen molar-refractivity contribution in [1.82, 2.24) is 5.32 Å². The molecule has 0 fully saturated rings. The number of hydrogen-bond donors (Lipinski definition) is 2. The predicted molar refractivity (Wildman–Crippen MR) is 242 cm³/mol. The Morgan fingerprint density at radius 2 is 1.07 bits per heavy atom. The van der Waals surface area contributed by atoms with Gasteiger partial charge in [-0.25, -0.2) is 0 Å². The molecule has 0 aromatic rings. The summed E-state index contributed by atoms with van der Waals surface area (Å²) in [7, 11) is 1.22. The number of nitrogens with zero attached hydrogens (tertiary/aromatic N) is 1. The highest BCUT2D eigenvalue weighted by Gasteiger charge is 2.23. The molecule has 0 aromatic heterocycles. The lowest BCUT2D eigenvalue weighted by molar-refractivity contribution is -0.870. The van der Waals surface area contributed by atoms with E-state index in [0.29, 0.717) is 23.9 Å². The van der Waals surface area contributed by atoms with E-state index in [2.05, 4.69) is 104 Å². The molecule has 0 heterocycles. The molecule has 0 saturated carbocycles. The second kappa shape index (κ2) is 38.9. The maximum atomic E-state index is 12.8. The van der Waals surface area contributed by atoms with Crippen LogP contribution in [0.25, 0.3) is 0 Å². The highest BCUT2D eigenvalue weighted by molar-refractivity contribution is 7.45. The Labute approximate surface area is 349 Å². The van der Waals surface area contributed by atoms with Gasteiger partial charge >= 0.3 is 0 Å². The number of rotatable bonds is 38. The zero-order chi connectivity index (χ0) is 42.1. The molecule has 2 N–H and O–H groups in total. The van der Waals surface area contributed by atoms with Gasteiger partial charge in [0.1, 0.15) is 13.2 Å². The third-order valence-corrected chi connectivity index (χ3v) is 10.0. The minimum Gasteiger partial charge on any atom is -0.756 e. The molecule has 8 nitrogen and oxygen atoms in total. The lowest BCUT2D eigenvalue weighted by Gasteiger charge is -2.29. The van der Waals surface area contributed by atoms with E-state index in [9.17, 15) is 19.4 Å². The molecule has 0 bridgehead atoms. The highest BCUT2D eigenvalue weighted by atomic mass is 31.2. The minimum atomic E-state index is -4.60. The average molecular weight is 815 g/mol. The molecule has 0 aliphatic carbocycles. The summed E-state index contributed by atoms with van der Waals surface area (Å²) < 4.78 is 23.1. The molecule has 0 radical (unpaired) electrons. The third kappa shape index (κ3) is 41.4. The van der Waals surface area contributed by atoms with Gasteiger partial charge in [0, 0.05) is 6.42 Å². The average Bonchev–Trinajstić information content (AvgIpc) is 3.16. The van der Waals surface area contributed by atoms with Crippen molar-refractivity contribution < 1.29 is 32.9 Å². The number of nitrogens with one attached hydrogen (secondary N) is 1. The molecule has 57 heavy (non-hydrogen) atoms. The van der Waals surface area contributed by atoms with Crippen LogP contribution in [0.2, 0.25) is 0 Å².